The molecule has 0 radical (unpaired) electrons. The van der Waals surface area contributed by atoms with Gasteiger partial charge in [-0.25, -0.2) is 9.78 Å². The molecule has 1 amide bonds. The van der Waals surface area contributed by atoms with Gasteiger partial charge in [0, 0.05) is 5.02 Å². The maximum absolute atomic E-state index is 12.5. The van der Waals surface area contributed by atoms with E-state index in [0.717, 1.165) is 11.8 Å². The maximum atomic E-state index is 12.5. The van der Waals surface area contributed by atoms with Crippen LogP contribution < -0.4 is 10.1 Å². The molecule has 0 aliphatic carbocycles. The van der Waals surface area contributed by atoms with Crippen molar-refractivity contribution in [3.63, 3.8) is 0 Å². The van der Waals surface area contributed by atoms with E-state index in [2.05, 4.69) is 20.5 Å². The van der Waals surface area contributed by atoms with Crippen molar-refractivity contribution in [3.05, 3.63) is 40.1 Å². The number of aromatic nitrogens is 3. The smallest absolute Gasteiger partial charge is 0.344 e. The molecule has 2 heterocycles. The topological polar surface area (TPSA) is 136 Å². The van der Waals surface area contributed by atoms with Crippen molar-refractivity contribution in [2.24, 2.45) is 0 Å². The van der Waals surface area contributed by atoms with Gasteiger partial charge in [-0.2, -0.15) is 0 Å². The van der Waals surface area contributed by atoms with E-state index in [1.807, 2.05) is 0 Å². The summed E-state index contributed by atoms with van der Waals surface area (Å²) in [4.78, 5) is 41.2. The molecule has 0 aliphatic heterocycles. The average Bonchev–Trinajstić information content (AvgIpc) is 3.36. The van der Waals surface area contributed by atoms with Crippen molar-refractivity contribution in [1.82, 2.24) is 15.2 Å². The molecule has 3 aromatic rings. The SMILES string of the molecule is CCOC(=O)c1c(NC(=O)CSc2n[nH]c(-c3cc(Cl)ccc3OC)n2)oc(C)c1C(C)=O. The summed E-state index contributed by atoms with van der Waals surface area (Å²) in [7, 11) is 1.53. The molecule has 174 valence electrons. The van der Waals surface area contributed by atoms with Crippen LogP contribution in [0.3, 0.4) is 0 Å². The number of aromatic amines is 1. The Balaban J connectivity index is 1.72. The van der Waals surface area contributed by atoms with Gasteiger partial charge < -0.3 is 13.9 Å². The number of Topliss-reactive ketones (excluding diaryl/α,β-unsaturated/α-hetero) is 1. The molecule has 33 heavy (non-hydrogen) atoms. The van der Waals surface area contributed by atoms with E-state index in [-0.39, 0.29) is 40.9 Å². The predicted molar refractivity (Wildman–Crippen MR) is 122 cm³/mol. The van der Waals surface area contributed by atoms with Gasteiger partial charge in [-0.3, -0.25) is 20.0 Å². The van der Waals surface area contributed by atoms with Gasteiger partial charge >= 0.3 is 5.97 Å². The Morgan fingerprint density at radius 3 is 2.70 bits per heavy atom. The first-order chi connectivity index (χ1) is 15.7. The van der Waals surface area contributed by atoms with Gasteiger partial charge in [0.25, 0.3) is 0 Å². The van der Waals surface area contributed by atoms with E-state index in [4.69, 9.17) is 25.5 Å². The first kappa shape index (κ1) is 24.3. The van der Waals surface area contributed by atoms with Gasteiger partial charge in [0.05, 0.1) is 30.6 Å². The zero-order chi connectivity index (χ0) is 24.1. The molecule has 0 bridgehead atoms. The lowest BCUT2D eigenvalue weighted by molar-refractivity contribution is -0.113. The summed E-state index contributed by atoms with van der Waals surface area (Å²) in [6, 6.07) is 5.09. The van der Waals surface area contributed by atoms with Gasteiger partial charge in [0.15, 0.2) is 11.6 Å². The molecular formula is C21H21ClN4O6S. The van der Waals surface area contributed by atoms with Crippen molar-refractivity contribution in [3.8, 4) is 17.1 Å². The third-order valence-corrected chi connectivity index (χ3v) is 5.47. The monoisotopic (exact) mass is 492 g/mol. The normalized spacial score (nSPS) is 10.7. The number of anilines is 1. The molecule has 0 saturated carbocycles. The summed E-state index contributed by atoms with van der Waals surface area (Å²) in [5.41, 5.74) is 0.592. The number of furan rings is 1. The zero-order valence-electron chi connectivity index (χ0n) is 18.3. The second kappa shape index (κ2) is 10.5. The van der Waals surface area contributed by atoms with Crippen LogP contribution in [0, 0.1) is 6.92 Å². The van der Waals surface area contributed by atoms with E-state index < -0.39 is 11.9 Å². The number of carbonyl (C=O) groups is 3. The van der Waals surface area contributed by atoms with E-state index in [9.17, 15) is 14.4 Å². The minimum absolute atomic E-state index is 0.0745. The fraction of sp³-hybridized carbons (Fsp3) is 0.286. The first-order valence-electron chi connectivity index (χ1n) is 9.75. The molecule has 2 N–H and O–H groups in total. The largest absolute Gasteiger partial charge is 0.496 e. The van der Waals surface area contributed by atoms with Crippen LogP contribution in [0.5, 0.6) is 5.75 Å². The quantitative estimate of drug-likeness (QED) is 0.256. The van der Waals surface area contributed by atoms with Gasteiger partial charge in [-0.05, 0) is 39.0 Å². The number of ether oxygens (including phenoxy) is 2. The second-order valence-electron chi connectivity index (χ2n) is 6.66. The van der Waals surface area contributed by atoms with E-state index in [1.54, 1.807) is 25.1 Å². The Morgan fingerprint density at radius 1 is 1.27 bits per heavy atom. The molecule has 0 fully saturated rings. The summed E-state index contributed by atoms with van der Waals surface area (Å²) in [6.07, 6.45) is 0. The number of nitrogens with one attached hydrogen (secondary N) is 2. The molecule has 1 aromatic carbocycles. The number of rotatable bonds is 9. The van der Waals surface area contributed by atoms with Crippen LogP contribution in [0.25, 0.3) is 11.4 Å². The average molecular weight is 493 g/mol. The lowest BCUT2D eigenvalue weighted by Crippen LogP contribution is -2.17. The zero-order valence-corrected chi connectivity index (χ0v) is 19.8. The molecule has 0 saturated heterocycles. The maximum Gasteiger partial charge on any atom is 0.344 e. The number of methoxy groups -OCH3 is 1. The Morgan fingerprint density at radius 2 is 2.03 bits per heavy atom. The standard InChI is InChI=1S/C21H21ClN4O6S/c1-5-31-20(29)17-16(10(2)27)11(3)32-19(17)23-15(28)9-33-21-24-18(25-26-21)13-8-12(22)6-7-14(13)30-4/h6-8H,5,9H2,1-4H3,(H,23,28)(H,24,25,26). The number of carbonyl (C=O) groups excluding carboxylic acids is 3. The highest BCUT2D eigenvalue weighted by Crippen LogP contribution is 2.32. The van der Waals surface area contributed by atoms with Crippen LogP contribution in [-0.2, 0) is 9.53 Å². The Bertz CT molecular complexity index is 1210. The van der Waals surface area contributed by atoms with E-state index in [1.165, 1.54) is 21.0 Å². The third kappa shape index (κ3) is 5.55. The van der Waals surface area contributed by atoms with Crippen LogP contribution in [-0.4, -0.2) is 52.3 Å². The number of nitrogens with zero attached hydrogens (tertiary/aromatic N) is 2. The van der Waals surface area contributed by atoms with Crippen molar-refractivity contribution in [2.45, 2.75) is 25.9 Å². The lowest BCUT2D eigenvalue weighted by Gasteiger charge is -2.06. The fourth-order valence-electron chi connectivity index (χ4n) is 3.04. The van der Waals surface area contributed by atoms with E-state index >= 15 is 0 Å². The van der Waals surface area contributed by atoms with Gasteiger partial charge in [-0.15, -0.1) is 5.10 Å². The highest BCUT2D eigenvalue weighted by molar-refractivity contribution is 7.99. The summed E-state index contributed by atoms with van der Waals surface area (Å²) in [5, 5.41) is 10.2. The number of H-pyrrole nitrogens is 1. The van der Waals surface area contributed by atoms with Crippen molar-refractivity contribution < 1.29 is 28.3 Å². The van der Waals surface area contributed by atoms with E-state index in [0.29, 0.717) is 27.3 Å². The summed E-state index contributed by atoms with van der Waals surface area (Å²) < 4.78 is 15.8. The number of halogens is 1. The molecule has 0 atom stereocenters. The van der Waals surface area contributed by atoms with Gasteiger partial charge in [0.1, 0.15) is 17.1 Å². The van der Waals surface area contributed by atoms with Crippen LogP contribution >= 0.6 is 23.4 Å². The number of hydrogen-bond acceptors (Lipinski definition) is 9. The molecule has 12 heteroatoms. The molecule has 0 aliphatic rings. The second-order valence-corrected chi connectivity index (χ2v) is 8.04. The molecular weight excluding hydrogens is 472 g/mol. The van der Waals surface area contributed by atoms with Crippen LogP contribution in [0.1, 0.15) is 40.3 Å². The molecule has 0 spiro atoms. The summed E-state index contributed by atoms with van der Waals surface area (Å²) in [5.74, 6) is -0.637. The Kier molecular flexibility index (Phi) is 7.77. The summed E-state index contributed by atoms with van der Waals surface area (Å²) in [6.45, 7) is 4.58. The minimum atomic E-state index is -0.753. The van der Waals surface area contributed by atoms with Crippen molar-refractivity contribution in [2.75, 3.05) is 24.8 Å². The number of thioether (sulfide) groups is 1. The van der Waals surface area contributed by atoms with Crippen LogP contribution in [0.15, 0.2) is 27.8 Å². The third-order valence-electron chi connectivity index (χ3n) is 4.38. The first-order valence-corrected chi connectivity index (χ1v) is 11.1. The lowest BCUT2D eigenvalue weighted by atomic mass is 10.1. The van der Waals surface area contributed by atoms with Gasteiger partial charge in [0.2, 0.25) is 16.9 Å². The Labute approximate surface area is 198 Å². The van der Waals surface area contributed by atoms with Crippen molar-refractivity contribution >= 4 is 46.9 Å². The highest BCUT2D eigenvalue weighted by Gasteiger charge is 2.28. The van der Waals surface area contributed by atoms with Crippen molar-refractivity contribution in [1.29, 1.82) is 0 Å². The molecule has 3 rings (SSSR count). The molecule has 0 unspecified atom stereocenters. The predicted octanol–water partition coefficient (Wildman–Crippen LogP) is 4.15. The number of aryl methyl sites for hydroxylation is 1. The fourth-order valence-corrected chi connectivity index (χ4v) is 3.81. The van der Waals surface area contributed by atoms with Crippen LogP contribution in [0.4, 0.5) is 5.88 Å². The number of esters is 1. The van der Waals surface area contributed by atoms with Gasteiger partial charge in [-0.1, -0.05) is 23.4 Å². The molecule has 2 aromatic heterocycles. The summed E-state index contributed by atoms with van der Waals surface area (Å²) >= 11 is 7.12. The van der Waals surface area contributed by atoms with Crippen LogP contribution in [0.2, 0.25) is 5.02 Å². The highest BCUT2D eigenvalue weighted by atomic mass is 35.5. The number of ketones is 1. The minimum Gasteiger partial charge on any atom is -0.496 e. The number of benzene rings is 1. The number of hydrogen-bond donors (Lipinski definition) is 2. The number of amides is 1. The Hall–Kier alpha value is -3.31. The molecule has 10 nitrogen and oxygen atoms in total.